The Morgan fingerprint density at radius 3 is 2.75 bits per heavy atom. The van der Waals surface area contributed by atoms with E-state index in [0.717, 1.165) is 24.2 Å². The van der Waals surface area contributed by atoms with E-state index in [9.17, 15) is 5.11 Å². The highest BCUT2D eigenvalue weighted by atomic mass is 16.5. The Bertz CT molecular complexity index is 326. The van der Waals surface area contributed by atoms with E-state index in [1.54, 1.807) is 19.2 Å². The van der Waals surface area contributed by atoms with Crippen LogP contribution >= 0.6 is 0 Å². The van der Waals surface area contributed by atoms with Crippen molar-refractivity contribution < 1.29 is 9.84 Å². The van der Waals surface area contributed by atoms with Crippen molar-refractivity contribution in [2.24, 2.45) is 5.73 Å². The topological polar surface area (TPSA) is 55.5 Å². The molecule has 3 heteroatoms. The summed E-state index contributed by atoms with van der Waals surface area (Å²) in [6, 6.07) is 5.07. The van der Waals surface area contributed by atoms with Crippen molar-refractivity contribution in [3.63, 3.8) is 0 Å². The lowest BCUT2D eigenvalue weighted by atomic mass is 10.0. The lowest BCUT2D eigenvalue weighted by molar-refractivity contribution is 0.408. The molecule has 1 aromatic carbocycles. The van der Waals surface area contributed by atoms with Crippen LogP contribution in [-0.4, -0.2) is 12.2 Å². The monoisotopic (exact) mass is 223 g/mol. The van der Waals surface area contributed by atoms with Gasteiger partial charge in [-0.15, -0.1) is 0 Å². The Kier molecular flexibility index (Phi) is 5.12. The Hall–Kier alpha value is -1.22. The van der Waals surface area contributed by atoms with Gasteiger partial charge in [-0.1, -0.05) is 26.2 Å². The quantitative estimate of drug-likeness (QED) is 0.729. The molecule has 1 atom stereocenters. The summed E-state index contributed by atoms with van der Waals surface area (Å²) in [6.07, 6.45) is 4.35. The molecule has 0 aliphatic carbocycles. The minimum absolute atomic E-state index is 0.110. The molecule has 0 spiro atoms. The highest BCUT2D eigenvalue weighted by Crippen LogP contribution is 2.29. The molecule has 0 amide bonds. The van der Waals surface area contributed by atoms with Crippen LogP contribution in [0.2, 0.25) is 0 Å². The van der Waals surface area contributed by atoms with Crippen LogP contribution in [0.15, 0.2) is 18.2 Å². The molecule has 0 heterocycles. The number of rotatable bonds is 6. The molecule has 0 bridgehead atoms. The summed E-state index contributed by atoms with van der Waals surface area (Å²) in [6.45, 7) is 2.16. The van der Waals surface area contributed by atoms with Gasteiger partial charge in [-0.3, -0.25) is 0 Å². The number of nitrogens with two attached hydrogens (primary N) is 1. The summed E-state index contributed by atoms with van der Waals surface area (Å²) in [5.41, 5.74) is 6.82. The standard InChI is InChI=1S/C13H21NO2/c1-3-4-5-6-12(14)11-9-10(16-2)7-8-13(11)15/h7-9,12,15H,3-6,14H2,1-2H3/t12-/m1/s1. The zero-order valence-corrected chi connectivity index (χ0v) is 10.1. The summed E-state index contributed by atoms with van der Waals surface area (Å²) in [7, 11) is 1.61. The van der Waals surface area contributed by atoms with Crippen molar-refractivity contribution in [3.05, 3.63) is 23.8 Å². The Balaban J connectivity index is 2.69. The van der Waals surface area contributed by atoms with Crippen LogP contribution in [0.3, 0.4) is 0 Å². The number of hydrogen-bond acceptors (Lipinski definition) is 3. The minimum atomic E-state index is -0.110. The number of unbranched alkanes of at least 4 members (excludes halogenated alkanes) is 2. The first kappa shape index (κ1) is 12.8. The molecule has 0 fully saturated rings. The molecule has 0 aromatic heterocycles. The van der Waals surface area contributed by atoms with E-state index in [0.29, 0.717) is 0 Å². The van der Waals surface area contributed by atoms with Gasteiger partial charge in [0.05, 0.1) is 7.11 Å². The predicted octanol–water partition coefficient (Wildman–Crippen LogP) is 2.98. The SMILES string of the molecule is CCCCC[C@@H](N)c1cc(OC)ccc1O. The van der Waals surface area contributed by atoms with Gasteiger partial charge < -0.3 is 15.6 Å². The lowest BCUT2D eigenvalue weighted by Crippen LogP contribution is -2.10. The van der Waals surface area contributed by atoms with Crippen LogP contribution in [0.1, 0.15) is 44.2 Å². The first-order valence-corrected chi connectivity index (χ1v) is 5.81. The second kappa shape index (κ2) is 6.38. The van der Waals surface area contributed by atoms with E-state index in [4.69, 9.17) is 10.5 Å². The van der Waals surface area contributed by atoms with Crippen molar-refractivity contribution in [1.82, 2.24) is 0 Å². The first-order chi connectivity index (χ1) is 7.69. The lowest BCUT2D eigenvalue weighted by Gasteiger charge is -2.14. The van der Waals surface area contributed by atoms with Gasteiger partial charge in [-0.2, -0.15) is 0 Å². The zero-order valence-electron chi connectivity index (χ0n) is 10.1. The Morgan fingerprint density at radius 2 is 2.12 bits per heavy atom. The Morgan fingerprint density at radius 1 is 1.38 bits per heavy atom. The molecule has 0 unspecified atom stereocenters. The molecule has 0 aliphatic rings. The van der Waals surface area contributed by atoms with Gasteiger partial charge in [0.2, 0.25) is 0 Å². The maximum absolute atomic E-state index is 9.72. The van der Waals surface area contributed by atoms with Crippen LogP contribution in [0.5, 0.6) is 11.5 Å². The van der Waals surface area contributed by atoms with Crippen molar-refractivity contribution in [2.45, 2.75) is 38.6 Å². The number of hydrogen-bond donors (Lipinski definition) is 2. The zero-order chi connectivity index (χ0) is 12.0. The first-order valence-electron chi connectivity index (χ1n) is 5.81. The van der Waals surface area contributed by atoms with Crippen LogP contribution in [0, 0.1) is 0 Å². The summed E-state index contributed by atoms with van der Waals surface area (Å²) >= 11 is 0. The number of phenolic OH excluding ortho intramolecular Hbond substituents is 1. The average molecular weight is 223 g/mol. The number of ether oxygens (including phenoxy) is 1. The summed E-state index contributed by atoms with van der Waals surface area (Å²) in [4.78, 5) is 0. The molecule has 0 saturated carbocycles. The van der Waals surface area contributed by atoms with E-state index < -0.39 is 0 Å². The van der Waals surface area contributed by atoms with E-state index in [-0.39, 0.29) is 11.8 Å². The van der Waals surface area contributed by atoms with Crippen molar-refractivity contribution in [3.8, 4) is 11.5 Å². The second-order valence-corrected chi connectivity index (χ2v) is 4.03. The molecular formula is C13H21NO2. The second-order valence-electron chi connectivity index (χ2n) is 4.03. The van der Waals surface area contributed by atoms with Crippen molar-refractivity contribution in [2.75, 3.05) is 7.11 Å². The van der Waals surface area contributed by atoms with E-state index in [1.807, 2.05) is 6.07 Å². The number of phenols is 1. The van der Waals surface area contributed by atoms with Crippen molar-refractivity contribution >= 4 is 0 Å². The normalized spacial score (nSPS) is 12.4. The maximum Gasteiger partial charge on any atom is 0.120 e. The Labute approximate surface area is 97.2 Å². The fraction of sp³-hybridized carbons (Fsp3) is 0.538. The van der Waals surface area contributed by atoms with Gasteiger partial charge >= 0.3 is 0 Å². The molecule has 1 rings (SSSR count). The fourth-order valence-electron chi connectivity index (χ4n) is 1.73. The number of methoxy groups -OCH3 is 1. The number of benzene rings is 1. The molecule has 3 N–H and O–H groups in total. The third kappa shape index (κ3) is 3.42. The largest absolute Gasteiger partial charge is 0.508 e. The summed E-state index contributed by atoms with van der Waals surface area (Å²) in [5, 5.41) is 9.72. The molecule has 0 aliphatic heterocycles. The molecular weight excluding hydrogens is 202 g/mol. The third-order valence-corrected chi connectivity index (χ3v) is 2.75. The highest BCUT2D eigenvalue weighted by Gasteiger charge is 2.11. The molecule has 3 nitrogen and oxygen atoms in total. The third-order valence-electron chi connectivity index (χ3n) is 2.75. The van der Waals surface area contributed by atoms with Gasteiger partial charge in [0.15, 0.2) is 0 Å². The van der Waals surface area contributed by atoms with Crippen LogP contribution in [-0.2, 0) is 0 Å². The fourth-order valence-corrected chi connectivity index (χ4v) is 1.73. The van der Waals surface area contributed by atoms with Crippen LogP contribution in [0.4, 0.5) is 0 Å². The van der Waals surface area contributed by atoms with Crippen molar-refractivity contribution in [1.29, 1.82) is 0 Å². The van der Waals surface area contributed by atoms with Gasteiger partial charge in [0.25, 0.3) is 0 Å². The van der Waals surface area contributed by atoms with E-state index in [1.165, 1.54) is 12.8 Å². The van der Waals surface area contributed by atoms with Crippen LogP contribution < -0.4 is 10.5 Å². The van der Waals surface area contributed by atoms with Crippen LogP contribution in [0.25, 0.3) is 0 Å². The smallest absolute Gasteiger partial charge is 0.120 e. The van der Waals surface area contributed by atoms with Gasteiger partial charge in [-0.25, -0.2) is 0 Å². The summed E-state index contributed by atoms with van der Waals surface area (Å²) < 4.78 is 5.12. The van der Waals surface area contributed by atoms with E-state index in [2.05, 4.69) is 6.92 Å². The average Bonchev–Trinajstić information content (AvgIpc) is 2.30. The maximum atomic E-state index is 9.72. The molecule has 0 saturated heterocycles. The predicted molar refractivity (Wildman–Crippen MR) is 65.7 cm³/mol. The van der Waals surface area contributed by atoms with E-state index >= 15 is 0 Å². The molecule has 16 heavy (non-hydrogen) atoms. The minimum Gasteiger partial charge on any atom is -0.508 e. The van der Waals surface area contributed by atoms with Gasteiger partial charge in [-0.05, 0) is 24.6 Å². The van der Waals surface area contributed by atoms with Gasteiger partial charge in [0.1, 0.15) is 11.5 Å². The summed E-state index contributed by atoms with van der Waals surface area (Å²) in [5.74, 6) is 0.989. The molecule has 1 aromatic rings. The molecule has 90 valence electrons. The highest BCUT2D eigenvalue weighted by molar-refractivity contribution is 5.41. The number of aromatic hydroxyl groups is 1. The van der Waals surface area contributed by atoms with Gasteiger partial charge in [0, 0.05) is 11.6 Å². The molecule has 0 radical (unpaired) electrons.